The second-order valence-corrected chi connectivity index (χ2v) is 6.61. The Kier molecular flexibility index (Phi) is 5.11. The van der Waals surface area contributed by atoms with Crippen LogP contribution in [0.2, 0.25) is 10.0 Å². The Balaban J connectivity index is 1.68. The van der Waals surface area contributed by atoms with Crippen molar-refractivity contribution in [1.82, 2.24) is 19.6 Å². The van der Waals surface area contributed by atoms with Gasteiger partial charge in [-0.2, -0.15) is 10.2 Å². The van der Waals surface area contributed by atoms with E-state index >= 15 is 0 Å². The third kappa shape index (κ3) is 4.41. The van der Waals surface area contributed by atoms with Crippen molar-refractivity contribution in [3.05, 3.63) is 63.5 Å². The molecule has 0 saturated heterocycles. The van der Waals surface area contributed by atoms with Crippen molar-refractivity contribution >= 4 is 34.9 Å². The van der Waals surface area contributed by atoms with E-state index in [9.17, 15) is 4.79 Å². The summed E-state index contributed by atoms with van der Waals surface area (Å²) >= 11 is 12.1. The number of carbonyl (C=O) groups excluding carboxylic acids is 1. The molecular weight excluding hydrogens is 361 g/mol. The van der Waals surface area contributed by atoms with Crippen molar-refractivity contribution in [2.24, 2.45) is 0 Å². The molecule has 0 aliphatic heterocycles. The molecule has 130 valence electrons. The minimum absolute atomic E-state index is 0.142. The van der Waals surface area contributed by atoms with Gasteiger partial charge in [0, 0.05) is 28.0 Å². The minimum Gasteiger partial charge on any atom is -0.308 e. The number of benzene rings is 1. The molecule has 0 aliphatic rings. The number of nitrogens with zero attached hydrogens (tertiary/aromatic N) is 4. The van der Waals surface area contributed by atoms with Crippen molar-refractivity contribution in [3.8, 4) is 0 Å². The van der Waals surface area contributed by atoms with Crippen molar-refractivity contribution in [2.45, 2.75) is 26.9 Å². The fourth-order valence-electron chi connectivity index (χ4n) is 2.42. The Hall–Kier alpha value is -2.31. The lowest BCUT2D eigenvalue weighted by atomic mass is 10.2. The topological polar surface area (TPSA) is 64.7 Å². The third-order valence-electron chi connectivity index (χ3n) is 3.66. The number of hydrogen-bond acceptors (Lipinski definition) is 3. The van der Waals surface area contributed by atoms with Gasteiger partial charge in [-0.1, -0.05) is 29.3 Å². The summed E-state index contributed by atoms with van der Waals surface area (Å²) in [5.41, 5.74) is 2.69. The van der Waals surface area contributed by atoms with E-state index in [0.717, 1.165) is 17.0 Å². The van der Waals surface area contributed by atoms with E-state index in [1.165, 1.54) is 0 Å². The van der Waals surface area contributed by atoms with Crippen molar-refractivity contribution in [2.75, 3.05) is 5.32 Å². The van der Waals surface area contributed by atoms with E-state index in [4.69, 9.17) is 23.2 Å². The first-order chi connectivity index (χ1) is 11.9. The molecule has 0 radical (unpaired) electrons. The van der Waals surface area contributed by atoms with Gasteiger partial charge >= 0.3 is 0 Å². The van der Waals surface area contributed by atoms with E-state index in [-0.39, 0.29) is 12.5 Å². The molecule has 1 N–H and O–H groups in total. The zero-order valence-corrected chi connectivity index (χ0v) is 15.3. The van der Waals surface area contributed by atoms with E-state index in [1.54, 1.807) is 27.7 Å². The van der Waals surface area contributed by atoms with Crippen LogP contribution in [0, 0.1) is 13.8 Å². The molecule has 25 heavy (non-hydrogen) atoms. The van der Waals surface area contributed by atoms with Gasteiger partial charge in [0.25, 0.3) is 0 Å². The standard InChI is InChI=1S/C17H17Cl2N5O/c1-11-5-6-23(21-11)10-17(25)20-16-7-12(2)24(22-16)9-13-3-4-14(18)8-15(13)19/h3-8H,9-10H2,1-2H3,(H,20,22,25). The summed E-state index contributed by atoms with van der Waals surface area (Å²) in [4.78, 5) is 12.1. The molecule has 0 unspecified atom stereocenters. The molecule has 0 saturated carbocycles. The van der Waals surface area contributed by atoms with Crippen LogP contribution in [0.4, 0.5) is 5.82 Å². The van der Waals surface area contributed by atoms with Crippen LogP contribution in [0.3, 0.4) is 0 Å². The zero-order valence-electron chi connectivity index (χ0n) is 13.8. The van der Waals surface area contributed by atoms with Gasteiger partial charge in [-0.15, -0.1) is 0 Å². The number of amides is 1. The first-order valence-electron chi connectivity index (χ1n) is 7.69. The molecule has 0 spiro atoms. The van der Waals surface area contributed by atoms with Crippen LogP contribution in [0.15, 0.2) is 36.5 Å². The van der Waals surface area contributed by atoms with E-state index in [0.29, 0.717) is 22.4 Å². The number of rotatable bonds is 5. The van der Waals surface area contributed by atoms with Crippen LogP contribution in [-0.4, -0.2) is 25.5 Å². The Labute approximate surface area is 155 Å². The fourth-order valence-corrected chi connectivity index (χ4v) is 2.89. The van der Waals surface area contributed by atoms with Crippen LogP contribution in [-0.2, 0) is 17.9 Å². The fraction of sp³-hybridized carbons (Fsp3) is 0.235. The monoisotopic (exact) mass is 377 g/mol. The maximum absolute atomic E-state index is 12.1. The first kappa shape index (κ1) is 17.5. The molecule has 6 nitrogen and oxygen atoms in total. The molecule has 0 aliphatic carbocycles. The van der Waals surface area contributed by atoms with E-state index in [1.807, 2.05) is 32.0 Å². The predicted molar refractivity (Wildman–Crippen MR) is 98.1 cm³/mol. The maximum Gasteiger partial charge on any atom is 0.247 e. The van der Waals surface area contributed by atoms with E-state index < -0.39 is 0 Å². The van der Waals surface area contributed by atoms with Gasteiger partial charge in [-0.3, -0.25) is 14.2 Å². The van der Waals surface area contributed by atoms with Gasteiger partial charge < -0.3 is 5.32 Å². The lowest BCUT2D eigenvalue weighted by Gasteiger charge is -2.07. The summed E-state index contributed by atoms with van der Waals surface area (Å²) in [7, 11) is 0. The normalized spacial score (nSPS) is 10.9. The summed E-state index contributed by atoms with van der Waals surface area (Å²) in [6.45, 7) is 4.43. The molecule has 3 aromatic rings. The van der Waals surface area contributed by atoms with Crippen LogP contribution in [0.1, 0.15) is 17.0 Å². The average Bonchev–Trinajstić information content (AvgIpc) is 3.08. The van der Waals surface area contributed by atoms with Gasteiger partial charge in [0.2, 0.25) is 5.91 Å². The summed E-state index contributed by atoms with van der Waals surface area (Å²) in [5.74, 6) is 0.314. The molecule has 3 rings (SSSR count). The van der Waals surface area contributed by atoms with Crippen molar-refractivity contribution in [1.29, 1.82) is 0 Å². The number of aromatic nitrogens is 4. The van der Waals surface area contributed by atoms with E-state index in [2.05, 4.69) is 15.5 Å². The Bertz CT molecular complexity index is 916. The van der Waals surface area contributed by atoms with Crippen LogP contribution in [0.25, 0.3) is 0 Å². The zero-order chi connectivity index (χ0) is 18.0. The SMILES string of the molecule is Cc1ccn(CC(=O)Nc2cc(C)n(Cc3ccc(Cl)cc3Cl)n2)n1. The Morgan fingerprint density at radius 1 is 1.16 bits per heavy atom. The number of hydrogen-bond donors (Lipinski definition) is 1. The largest absolute Gasteiger partial charge is 0.308 e. The number of nitrogens with one attached hydrogen (secondary N) is 1. The van der Waals surface area contributed by atoms with Crippen LogP contribution < -0.4 is 5.32 Å². The quantitative estimate of drug-likeness (QED) is 0.737. The highest BCUT2D eigenvalue weighted by Crippen LogP contribution is 2.22. The number of halogens is 2. The summed E-state index contributed by atoms with van der Waals surface area (Å²) in [6, 6.07) is 9.02. The van der Waals surface area contributed by atoms with Gasteiger partial charge in [-0.25, -0.2) is 0 Å². The van der Waals surface area contributed by atoms with Crippen molar-refractivity contribution < 1.29 is 4.79 Å². The molecule has 1 amide bonds. The Morgan fingerprint density at radius 3 is 2.64 bits per heavy atom. The molecule has 0 atom stereocenters. The maximum atomic E-state index is 12.1. The third-order valence-corrected chi connectivity index (χ3v) is 4.25. The average molecular weight is 378 g/mol. The molecule has 0 fully saturated rings. The minimum atomic E-state index is -0.183. The first-order valence-corrected chi connectivity index (χ1v) is 8.44. The highest BCUT2D eigenvalue weighted by atomic mass is 35.5. The Morgan fingerprint density at radius 2 is 1.96 bits per heavy atom. The molecule has 2 heterocycles. The molecule has 1 aromatic carbocycles. The van der Waals surface area contributed by atoms with Crippen LogP contribution >= 0.6 is 23.2 Å². The summed E-state index contributed by atoms with van der Waals surface area (Å²) in [5, 5.41) is 12.6. The highest BCUT2D eigenvalue weighted by molar-refractivity contribution is 6.35. The summed E-state index contributed by atoms with van der Waals surface area (Å²) in [6.07, 6.45) is 1.77. The highest BCUT2D eigenvalue weighted by Gasteiger charge is 2.11. The second-order valence-electron chi connectivity index (χ2n) is 5.77. The molecule has 8 heteroatoms. The molecule has 2 aromatic heterocycles. The van der Waals surface area contributed by atoms with Gasteiger partial charge in [0.15, 0.2) is 5.82 Å². The molecular formula is C17H17Cl2N5O. The van der Waals surface area contributed by atoms with Gasteiger partial charge in [0.05, 0.1) is 12.2 Å². The lowest BCUT2D eigenvalue weighted by Crippen LogP contribution is -2.19. The van der Waals surface area contributed by atoms with Crippen LogP contribution in [0.5, 0.6) is 0 Å². The summed E-state index contributed by atoms with van der Waals surface area (Å²) < 4.78 is 3.37. The van der Waals surface area contributed by atoms with Gasteiger partial charge in [0.1, 0.15) is 6.54 Å². The van der Waals surface area contributed by atoms with Crippen molar-refractivity contribution in [3.63, 3.8) is 0 Å². The molecule has 0 bridgehead atoms. The second kappa shape index (κ2) is 7.29. The predicted octanol–water partition coefficient (Wildman–Crippen LogP) is 3.69. The smallest absolute Gasteiger partial charge is 0.247 e. The number of anilines is 1. The number of carbonyl (C=O) groups is 1. The number of aryl methyl sites for hydroxylation is 2. The lowest BCUT2D eigenvalue weighted by molar-refractivity contribution is -0.116. The van der Waals surface area contributed by atoms with Gasteiger partial charge in [-0.05, 0) is 37.6 Å².